The van der Waals surface area contributed by atoms with E-state index >= 15 is 0 Å². The van der Waals surface area contributed by atoms with E-state index in [4.69, 9.17) is 5.11 Å². The van der Waals surface area contributed by atoms with E-state index in [-0.39, 0.29) is 19.1 Å². The zero-order valence-corrected chi connectivity index (χ0v) is 10.7. The SMILES string of the molecule is Cc1cc(C(=O)NCCO)c2c(C)nn(C)c2n1. The van der Waals surface area contributed by atoms with E-state index in [0.717, 1.165) is 16.8 Å². The Balaban J connectivity index is 2.58. The van der Waals surface area contributed by atoms with E-state index in [9.17, 15) is 4.79 Å². The predicted molar refractivity (Wildman–Crippen MR) is 67.4 cm³/mol. The number of aliphatic hydroxyl groups is 1. The highest BCUT2D eigenvalue weighted by Gasteiger charge is 2.17. The molecule has 1 amide bonds. The minimum Gasteiger partial charge on any atom is -0.395 e. The summed E-state index contributed by atoms with van der Waals surface area (Å²) in [4.78, 5) is 16.4. The molecule has 0 aromatic carbocycles. The number of hydrogen-bond acceptors (Lipinski definition) is 4. The van der Waals surface area contributed by atoms with Crippen LogP contribution in [0.1, 0.15) is 21.7 Å². The van der Waals surface area contributed by atoms with Crippen LogP contribution in [-0.4, -0.2) is 38.9 Å². The van der Waals surface area contributed by atoms with Crippen LogP contribution < -0.4 is 5.32 Å². The van der Waals surface area contributed by atoms with Gasteiger partial charge in [0, 0.05) is 19.3 Å². The fraction of sp³-hybridized carbons (Fsp3) is 0.417. The van der Waals surface area contributed by atoms with Crippen LogP contribution in [0, 0.1) is 13.8 Å². The Labute approximate surface area is 105 Å². The minimum atomic E-state index is -0.212. The van der Waals surface area contributed by atoms with Crippen molar-refractivity contribution in [3.63, 3.8) is 0 Å². The Morgan fingerprint density at radius 3 is 2.89 bits per heavy atom. The van der Waals surface area contributed by atoms with Crippen LogP contribution in [0.15, 0.2) is 6.07 Å². The Morgan fingerprint density at radius 2 is 2.22 bits per heavy atom. The maximum Gasteiger partial charge on any atom is 0.252 e. The van der Waals surface area contributed by atoms with Crippen LogP contribution in [0.25, 0.3) is 11.0 Å². The fourth-order valence-electron chi connectivity index (χ4n) is 2.01. The first kappa shape index (κ1) is 12.5. The molecule has 0 saturated heterocycles. The van der Waals surface area contributed by atoms with E-state index in [1.807, 2.05) is 13.8 Å². The monoisotopic (exact) mass is 248 g/mol. The van der Waals surface area contributed by atoms with Gasteiger partial charge in [-0.1, -0.05) is 0 Å². The number of pyridine rings is 1. The second-order valence-corrected chi connectivity index (χ2v) is 4.20. The highest BCUT2D eigenvalue weighted by Crippen LogP contribution is 2.21. The molecule has 0 radical (unpaired) electrons. The first-order chi connectivity index (χ1) is 8.54. The number of hydrogen-bond donors (Lipinski definition) is 2. The van der Waals surface area contributed by atoms with Crippen molar-refractivity contribution in [1.82, 2.24) is 20.1 Å². The first-order valence-corrected chi connectivity index (χ1v) is 5.74. The zero-order valence-electron chi connectivity index (χ0n) is 10.7. The lowest BCUT2D eigenvalue weighted by atomic mass is 10.1. The van der Waals surface area contributed by atoms with E-state index in [1.54, 1.807) is 17.8 Å². The van der Waals surface area contributed by atoms with Crippen molar-refractivity contribution in [2.45, 2.75) is 13.8 Å². The molecule has 2 aromatic heterocycles. The number of aryl methyl sites for hydroxylation is 3. The zero-order chi connectivity index (χ0) is 13.3. The standard InChI is InChI=1S/C12H16N4O2/c1-7-6-9(12(18)13-4-5-17)10-8(2)15-16(3)11(10)14-7/h6,17H,4-5H2,1-3H3,(H,13,18). The van der Waals surface area contributed by atoms with Gasteiger partial charge >= 0.3 is 0 Å². The second-order valence-electron chi connectivity index (χ2n) is 4.20. The Kier molecular flexibility index (Phi) is 3.29. The van der Waals surface area contributed by atoms with E-state index in [1.165, 1.54) is 0 Å². The molecule has 2 aromatic rings. The second kappa shape index (κ2) is 4.73. The number of aliphatic hydroxyl groups excluding tert-OH is 1. The van der Waals surface area contributed by atoms with Crippen LogP contribution in [0.5, 0.6) is 0 Å². The van der Waals surface area contributed by atoms with E-state index < -0.39 is 0 Å². The molecule has 0 bridgehead atoms. The summed E-state index contributed by atoms with van der Waals surface area (Å²) in [6.07, 6.45) is 0. The number of nitrogens with one attached hydrogen (secondary N) is 1. The van der Waals surface area contributed by atoms with Gasteiger partial charge in [-0.3, -0.25) is 9.48 Å². The third kappa shape index (κ3) is 2.06. The van der Waals surface area contributed by atoms with Gasteiger partial charge < -0.3 is 10.4 Å². The summed E-state index contributed by atoms with van der Waals surface area (Å²) in [5, 5.41) is 16.4. The van der Waals surface area contributed by atoms with Gasteiger partial charge in [-0.05, 0) is 19.9 Å². The number of amides is 1. The molecular formula is C12H16N4O2. The van der Waals surface area contributed by atoms with Crippen LogP contribution in [-0.2, 0) is 7.05 Å². The number of nitrogens with zero attached hydrogens (tertiary/aromatic N) is 3. The van der Waals surface area contributed by atoms with Crippen molar-refractivity contribution in [2.75, 3.05) is 13.2 Å². The number of carbonyl (C=O) groups excluding carboxylic acids is 1. The van der Waals surface area contributed by atoms with Gasteiger partial charge in [-0.15, -0.1) is 0 Å². The number of aromatic nitrogens is 3. The molecule has 0 aliphatic heterocycles. The number of rotatable bonds is 3. The highest BCUT2D eigenvalue weighted by molar-refractivity contribution is 6.06. The van der Waals surface area contributed by atoms with Crippen molar-refractivity contribution in [2.24, 2.45) is 7.05 Å². The lowest BCUT2D eigenvalue weighted by Gasteiger charge is -2.06. The quantitative estimate of drug-likeness (QED) is 0.819. The van der Waals surface area contributed by atoms with Gasteiger partial charge in [0.25, 0.3) is 5.91 Å². The van der Waals surface area contributed by atoms with Gasteiger partial charge in [0.2, 0.25) is 0 Å². The molecule has 0 aliphatic rings. The summed E-state index contributed by atoms with van der Waals surface area (Å²) < 4.78 is 1.67. The van der Waals surface area contributed by atoms with Crippen molar-refractivity contribution < 1.29 is 9.90 Å². The summed E-state index contributed by atoms with van der Waals surface area (Å²) in [6.45, 7) is 3.85. The van der Waals surface area contributed by atoms with Gasteiger partial charge in [0.15, 0.2) is 5.65 Å². The Bertz CT molecular complexity index is 604. The van der Waals surface area contributed by atoms with Crippen molar-refractivity contribution in [3.05, 3.63) is 23.0 Å². The van der Waals surface area contributed by atoms with Crippen LogP contribution >= 0.6 is 0 Å². The summed E-state index contributed by atoms with van der Waals surface area (Å²) in [5.74, 6) is -0.212. The van der Waals surface area contributed by atoms with Gasteiger partial charge in [-0.2, -0.15) is 5.10 Å². The fourth-order valence-corrected chi connectivity index (χ4v) is 2.01. The largest absolute Gasteiger partial charge is 0.395 e. The van der Waals surface area contributed by atoms with E-state index in [0.29, 0.717) is 11.2 Å². The van der Waals surface area contributed by atoms with Crippen LogP contribution in [0.3, 0.4) is 0 Å². The average Bonchev–Trinajstić information content (AvgIpc) is 2.61. The van der Waals surface area contributed by atoms with Crippen molar-refractivity contribution in [3.8, 4) is 0 Å². The molecule has 2 heterocycles. The maximum atomic E-state index is 12.0. The summed E-state index contributed by atoms with van der Waals surface area (Å²) in [6, 6.07) is 1.74. The smallest absolute Gasteiger partial charge is 0.252 e. The predicted octanol–water partition coefficient (Wildman–Crippen LogP) is 0.307. The molecule has 0 unspecified atom stereocenters. The van der Waals surface area contributed by atoms with Gasteiger partial charge in [0.05, 0.1) is 23.3 Å². The molecule has 0 aliphatic carbocycles. The lowest BCUT2D eigenvalue weighted by Crippen LogP contribution is -2.26. The molecule has 2 N–H and O–H groups in total. The molecular weight excluding hydrogens is 232 g/mol. The lowest BCUT2D eigenvalue weighted by molar-refractivity contribution is 0.0946. The third-order valence-electron chi connectivity index (χ3n) is 2.74. The van der Waals surface area contributed by atoms with Gasteiger partial charge in [-0.25, -0.2) is 4.98 Å². The maximum absolute atomic E-state index is 12.0. The van der Waals surface area contributed by atoms with Crippen molar-refractivity contribution >= 4 is 16.9 Å². The van der Waals surface area contributed by atoms with Gasteiger partial charge in [0.1, 0.15) is 0 Å². The Morgan fingerprint density at radius 1 is 1.50 bits per heavy atom. The molecule has 6 heteroatoms. The normalized spacial score (nSPS) is 10.9. The summed E-state index contributed by atoms with van der Waals surface area (Å²) in [7, 11) is 1.80. The molecule has 0 fully saturated rings. The number of fused-ring (bicyclic) bond motifs is 1. The molecule has 0 saturated carbocycles. The van der Waals surface area contributed by atoms with Crippen LogP contribution in [0.2, 0.25) is 0 Å². The molecule has 2 rings (SSSR count). The number of carbonyl (C=O) groups is 1. The molecule has 0 atom stereocenters. The van der Waals surface area contributed by atoms with Crippen LogP contribution in [0.4, 0.5) is 0 Å². The highest BCUT2D eigenvalue weighted by atomic mass is 16.3. The topological polar surface area (TPSA) is 80.0 Å². The first-order valence-electron chi connectivity index (χ1n) is 5.74. The molecule has 96 valence electrons. The van der Waals surface area contributed by atoms with E-state index in [2.05, 4.69) is 15.4 Å². The molecule has 6 nitrogen and oxygen atoms in total. The average molecular weight is 248 g/mol. The van der Waals surface area contributed by atoms with Crippen molar-refractivity contribution in [1.29, 1.82) is 0 Å². The summed E-state index contributed by atoms with van der Waals surface area (Å²) in [5.41, 5.74) is 2.78. The summed E-state index contributed by atoms with van der Waals surface area (Å²) >= 11 is 0. The molecule has 18 heavy (non-hydrogen) atoms. The molecule has 0 spiro atoms. The Hall–Kier alpha value is -1.95. The third-order valence-corrected chi connectivity index (χ3v) is 2.74. The minimum absolute atomic E-state index is 0.0784.